The summed E-state index contributed by atoms with van der Waals surface area (Å²) in [5.74, 6) is 0.0568. The van der Waals surface area contributed by atoms with Crippen LogP contribution in [0.3, 0.4) is 0 Å². The Labute approximate surface area is 76.6 Å². The van der Waals surface area contributed by atoms with Crippen LogP contribution in [0.2, 0.25) is 0 Å². The number of nitrogens with zero attached hydrogens (tertiary/aromatic N) is 1. The lowest BCUT2D eigenvalue weighted by molar-refractivity contribution is 0.255. The molecule has 1 aromatic carbocycles. The zero-order valence-electron chi connectivity index (χ0n) is 7.61. The third-order valence-corrected chi connectivity index (χ3v) is 1.88. The van der Waals surface area contributed by atoms with Crippen LogP contribution in [0.25, 0.3) is 0 Å². The maximum atomic E-state index is 10.8. The van der Waals surface area contributed by atoms with Crippen LogP contribution in [0, 0.1) is 6.92 Å². The zero-order valence-corrected chi connectivity index (χ0v) is 7.61. The number of hydrogen-bond donors (Lipinski definition) is 2. The summed E-state index contributed by atoms with van der Waals surface area (Å²) in [5.41, 5.74) is 6.34. The first kappa shape index (κ1) is 9.38. The Hall–Kier alpha value is -1.71. The van der Waals surface area contributed by atoms with Gasteiger partial charge in [-0.1, -0.05) is 12.1 Å². The highest BCUT2D eigenvalue weighted by Gasteiger charge is 2.12. The molecule has 0 saturated heterocycles. The molecule has 0 unspecified atom stereocenters. The number of phenols is 1. The summed E-state index contributed by atoms with van der Waals surface area (Å²) >= 11 is 0. The summed E-state index contributed by atoms with van der Waals surface area (Å²) in [6.45, 7) is 1.80. The Bertz CT molecular complexity index is 316. The van der Waals surface area contributed by atoms with E-state index in [1.165, 1.54) is 18.0 Å². The summed E-state index contributed by atoms with van der Waals surface area (Å²) in [6, 6.07) is 4.43. The standard InChI is InChI=1S/C9H12N2O2/c1-6-4-3-5-7(12)8(6)11(2)9(10)13/h3-5,12H,1-2H3,(H2,10,13). The predicted octanol–water partition coefficient (Wildman–Crippen LogP) is 1.22. The van der Waals surface area contributed by atoms with Crippen LogP contribution in [-0.4, -0.2) is 18.2 Å². The van der Waals surface area contributed by atoms with Gasteiger partial charge in [0.05, 0.1) is 5.69 Å². The number of aryl methyl sites for hydroxylation is 1. The van der Waals surface area contributed by atoms with Gasteiger partial charge in [-0.05, 0) is 18.6 Å². The Morgan fingerprint density at radius 1 is 1.54 bits per heavy atom. The van der Waals surface area contributed by atoms with E-state index in [0.29, 0.717) is 5.69 Å². The van der Waals surface area contributed by atoms with Crippen molar-refractivity contribution in [1.82, 2.24) is 0 Å². The highest BCUT2D eigenvalue weighted by molar-refractivity contribution is 5.92. The molecule has 0 spiro atoms. The number of hydrogen-bond acceptors (Lipinski definition) is 2. The molecule has 4 heteroatoms. The number of benzene rings is 1. The number of aromatic hydroxyl groups is 1. The van der Waals surface area contributed by atoms with Crippen LogP contribution in [0.4, 0.5) is 10.5 Å². The van der Waals surface area contributed by atoms with Crippen molar-refractivity contribution in [3.8, 4) is 5.75 Å². The Balaban J connectivity index is 3.20. The molecule has 0 aliphatic carbocycles. The third-order valence-electron chi connectivity index (χ3n) is 1.88. The molecule has 0 fully saturated rings. The summed E-state index contributed by atoms with van der Waals surface area (Å²) in [6.07, 6.45) is 0. The minimum atomic E-state index is -0.593. The second kappa shape index (κ2) is 3.35. The quantitative estimate of drug-likeness (QED) is 0.682. The van der Waals surface area contributed by atoms with Gasteiger partial charge in [-0.2, -0.15) is 0 Å². The van der Waals surface area contributed by atoms with Gasteiger partial charge in [0.25, 0.3) is 0 Å². The van der Waals surface area contributed by atoms with Crippen molar-refractivity contribution in [3.05, 3.63) is 23.8 Å². The highest BCUT2D eigenvalue weighted by Crippen LogP contribution is 2.29. The van der Waals surface area contributed by atoms with Crippen molar-refractivity contribution in [3.63, 3.8) is 0 Å². The van der Waals surface area contributed by atoms with Gasteiger partial charge in [0.15, 0.2) is 0 Å². The molecule has 0 bridgehead atoms. The minimum Gasteiger partial charge on any atom is -0.506 e. The Morgan fingerprint density at radius 2 is 2.15 bits per heavy atom. The van der Waals surface area contributed by atoms with E-state index in [4.69, 9.17) is 5.73 Å². The first-order chi connectivity index (χ1) is 6.04. The molecule has 4 nitrogen and oxygen atoms in total. The number of anilines is 1. The van der Waals surface area contributed by atoms with Crippen LogP contribution in [-0.2, 0) is 0 Å². The van der Waals surface area contributed by atoms with E-state index in [0.717, 1.165) is 5.56 Å². The molecular formula is C9H12N2O2. The summed E-state index contributed by atoms with van der Waals surface area (Å²) in [7, 11) is 1.52. The third kappa shape index (κ3) is 1.72. The molecule has 0 heterocycles. The maximum absolute atomic E-state index is 10.8. The van der Waals surface area contributed by atoms with Crippen LogP contribution in [0.15, 0.2) is 18.2 Å². The Kier molecular flexibility index (Phi) is 2.41. The fraction of sp³-hybridized carbons (Fsp3) is 0.222. The molecule has 0 radical (unpaired) electrons. The molecule has 0 aromatic heterocycles. The molecule has 70 valence electrons. The lowest BCUT2D eigenvalue weighted by Gasteiger charge is -2.17. The molecule has 13 heavy (non-hydrogen) atoms. The molecule has 2 amide bonds. The molecule has 0 aliphatic heterocycles. The van der Waals surface area contributed by atoms with Crippen LogP contribution in [0.5, 0.6) is 5.75 Å². The SMILES string of the molecule is Cc1cccc(O)c1N(C)C(N)=O. The molecule has 0 aliphatic rings. The summed E-state index contributed by atoms with van der Waals surface area (Å²) < 4.78 is 0. The fourth-order valence-corrected chi connectivity index (χ4v) is 1.19. The molecule has 1 aromatic rings. The van der Waals surface area contributed by atoms with E-state index in [9.17, 15) is 9.90 Å². The maximum Gasteiger partial charge on any atom is 0.319 e. The summed E-state index contributed by atoms with van der Waals surface area (Å²) in [4.78, 5) is 12.1. The van der Waals surface area contributed by atoms with Gasteiger partial charge < -0.3 is 10.8 Å². The van der Waals surface area contributed by atoms with Crippen molar-refractivity contribution >= 4 is 11.7 Å². The number of primary amides is 1. The summed E-state index contributed by atoms with van der Waals surface area (Å²) in [5, 5.41) is 9.46. The minimum absolute atomic E-state index is 0.0568. The number of nitrogens with two attached hydrogens (primary N) is 1. The topological polar surface area (TPSA) is 66.6 Å². The van der Waals surface area contributed by atoms with Crippen LogP contribution in [0.1, 0.15) is 5.56 Å². The second-order valence-electron chi connectivity index (χ2n) is 2.84. The van der Waals surface area contributed by atoms with Crippen molar-refractivity contribution in [2.45, 2.75) is 6.92 Å². The monoisotopic (exact) mass is 180 g/mol. The molecule has 3 N–H and O–H groups in total. The highest BCUT2D eigenvalue weighted by atomic mass is 16.3. The van der Waals surface area contributed by atoms with E-state index in [1.807, 2.05) is 0 Å². The zero-order chi connectivity index (χ0) is 10.0. The van der Waals surface area contributed by atoms with Gasteiger partial charge in [0, 0.05) is 7.05 Å². The molecular weight excluding hydrogens is 168 g/mol. The van der Waals surface area contributed by atoms with Crippen LogP contribution < -0.4 is 10.6 Å². The largest absolute Gasteiger partial charge is 0.506 e. The van der Waals surface area contributed by atoms with Crippen molar-refractivity contribution in [1.29, 1.82) is 0 Å². The number of para-hydroxylation sites is 1. The van der Waals surface area contributed by atoms with Crippen LogP contribution >= 0.6 is 0 Å². The number of amides is 2. The van der Waals surface area contributed by atoms with E-state index < -0.39 is 6.03 Å². The fourth-order valence-electron chi connectivity index (χ4n) is 1.19. The number of carbonyl (C=O) groups excluding carboxylic acids is 1. The number of carbonyl (C=O) groups is 1. The number of urea groups is 1. The van der Waals surface area contributed by atoms with Crippen molar-refractivity contribution in [2.24, 2.45) is 5.73 Å². The van der Waals surface area contributed by atoms with Crippen molar-refractivity contribution < 1.29 is 9.90 Å². The smallest absolute Gasteiger partial charge is 0.319 e. The molecule has 0 atom stereocenters. The predicted molar refractivity (Wildman–Crippen MR) is 50.8 cm³/mol. The lowest BCUT2D eigenvalue weighted by atomic mass is 10.2. The van der Waals surface area contributed by atoms with Gasteiger partial charge in [-0.25, -0.2) is 4.79 Å². The van der Waals surface area contributed by atoms with Gasteiger partial charge in [-0.3, -0.25) is 4.90 Å². The average molecular weight is 180 g/mol. The van der Waals surface area contributed by atoms with E-state index in [1.54, 1.807) is 19.1 Å². The lowest BCUT2D eigenvalue weighted by Crippen LogP contribution is -2.32. The van der Waals surface area contributed by atoms with E-state index >= 15 is 0 Å². The molecule has 1 rings (SSSR count). The number of rotatable bonds is 1. The van der Waals surface area contributed by atoms with Gasteiger partial charge in [0.1, 0.15) is 5.75 Å². The first-order valence-electron chi connectivity index (χ1n) is 3.85. The van der Waals surface area contributed by atoms with Gasteiger partial charge >= 0.3 is 6.03 Å². The van der Waals surface area contributed by atoms with Crippen molar-refractivity contribution in [2.75, 3.05) is 11.9 Å². The van der Waals surface area contributed by atoms with E-state index in [2.05, 4.69) is 0 Å². The average Bonchev–Trinajstić information content (AvgIpc) is 2.03. The second-order valence-corrected chi connectivity index (χ2v) is 2.84. The first-order valence-corrected chi connectivity index (χ1v) is 3.85. The molecule has 0 saturated carbocycles. The van der Waals surface area contributed by atoms with E-state index in [-0.39, 0.29) is 5.75 Å². The number of phenolic OH excluding ortho intramolecular Hbond substituents is 1. The Morgan fingerprint density at radius 3 is 2.62 bits per heavy atom. The van der Waals surface area contributed by atoms with Gasteiger partial charge in [0.2, 0.25) is 0 Å². The normalized spacial score (nSPS) is 9.69. The van der Waals surface area contributed by atoms with Gasteiger partial charge in [-0.15, -0.1) is 0 Å².